The molecule has 3 heteroatoms. The Balaban J connectivity index is 2.14. The van der Waals surface area contributed by atoms with Gasteiger partial charge in [0, 0.05) is 22.9 Å². The van der Waals surface area contributed by atoms with E-state index < -0.39 is 6.10 Å². The minimum Gasteiger partial charge on any atom is -0.469 e. The largest absolute Gasteiger partial charge is 0.469 e. The Hall–Kier alpha value is -1.06. The van der Waals surface area contributed by atoms with Gasteiger partial charge in [-0.15, -0.1) is 0 Å². The fourth-order valence-corrected chi connectivity index (χ4v) is 2.38. The summed E-state index contributed by atoms with van der Waals surface area (Å²) in [6, 6.07) is 9.84. The average molecular weight is 295 g/mol. The summed E-state index contributed by atoms with van der Waals surface area (Å²) in [5.41, 5.74) is 2.00. The summed E-state index contributed by atoms with van der Waals surface area (Å²) in [6.45, 7) is 2.02. The van der Waals surface area contributed by atoms with E-state index in [-0.39, 0.29) is 0 Å². The van der Waals surface area contributed by atoms with E-state index in [0.717, 1.165) is 27.8 Å². The van der Waals surface area contributed by atoms with Gasteiger partial charge in [-0.25, -0.2) is 0 Å². The van der Waals surface area contributed by atoms with Crippen LogP contribution in [0.3, 0.4) is 0 Å². The molecule has 1 aromatic carbocycles. The van der Waals surface area contributed by atoms with Crippen LogP contribution < -0.4 is 0 Å². The first-order chi connectivity index (χ1) is 8.20. The van der Waals surface area contributed by atoms with Crippen LogP contribution in [0.5, 0.6) is 0 Å². The van der Waals surface area contributed by atoms with Crippen LogP contribution in [0, 0.1) is 0 Å². The molecule has 1 heterocycles. The van der Waals surface area contributed by atoms with Crippen LogP contribution in [-0.4, -0.2) is 5.11 Å². The highest BCUT2D eigenvalue weighted by molar-refractivity contribution is 9.10. The summed E-state index contributed by atoms with van der Waals surface area (Å²) in [4.78, 5) is 0. The smallest absolute Gasteiger partial charge is 0.109 e. The minimum atomic E-state index is -0.502. The van der Waals surface area contributed by atoms with Crippen molar-refractivity contribution in [1.29, 1.82) is 0 Å². The second kappa shape index (κ2) is 5.52. The number of benzene rings is 1. The molecule has 1 aromatic heterocycles. The van der Waals surface area contributed by atoms with Crippen molar-refractivity contribution in [3.8, 4) is 0 Å². The third-order valence-corrected chi connectivity index (χ3v) is 3.27. The number of aliphatic hydroxyl groups excluding tert-OH is 1. The first kappa shape index (κ1) is 12.4. The maximum Gasteiger partial charge on any atom is 0.109 e. The van der Waals surface area contributed by atoms with Crippen molar-refractivity contribution in [3.05, 3.63) is 58.0 Å². The Morgan fingerprint density at radius 2 is 2.18 bits per heavy atom. The molecule has 2 aromatic rings. The standard InChI is InChI=1S/C14H15BrO2/c1-2-14-12(6-7-17-14)13(16)9-10-4-3-5-11(15)8-10/h3-8,13,16H,2,9H2,1H3. The molecule has 2 nitrogen and oxygen atoms in total. The van der Waals surface area contributed by atoms with Crippen LogP contribution in [0.2, 0.25) is 0 Å². The molecule has 0 aliphatic rings. The molecule has 0 bridgehead atoms. The highest BCUT2D eigenvalue weighted by atomic mass is 79.9. The molecule has 0 radical (unpaired) electrons. The molecule has 1 N–H and O–H groups in total. The van der Waals surface area contributed by atoms with Gasteiger partial charge in [0.25, 0.3) is 0 Å². The van der Waals surface area contributed by atoms with E-state index in [1.807, 2.05) is 37.3 Å². The van der Waals surface area contributed by atoms with Gasteiger partial charge < -0.3 is 9.52 Å². The third-order valence-electron chi connectivity index (χ3n) is 2.78. The minimum absolute atomic E-state index is 0.502. The number of rotatable bonds is 4. The lowest BCUT2D eigenvalue weighted by Gasteiger charge is -2.10. The van der Waals surface area contributed by atoms with Crippen LogP contribution in [-0.2, 0) is 12.8 Å². The highest BCUT2D eigenvalue weighted by Gasteiger charge is 2.14. The lowest BCUT2D eigenvalue weighted by atomic mass is 10.0. The van der Waals surface area contributed by atoms with E-state index in [0.29, 0.717) is 6.42 Å². The van der Waals surface area contributed by atoms with Gasteiger partial charge in [-0.1, -0.05) is 35.0 Å². The van der Waals surface area contributed by atoms with Crippen molar-refractivity contribution in [3.63, 3.8) is 0 Å². The van der Waals surface area contributed by atoms with Gasteiger partial charge in [-0.3, -0.25) is 0 Å². The Kier molecular flexibility index (Phi) is 4.02. The normalized spacial score (nSPS) is 12.6. The number of furan rings is 1. The molecule has 1 unspecified atom stereocenters. The van der Waals surface area contributed by atoms with Crippen LogP contribution in [0.15, 0.2) is 45.5 Å². The van der Waals surface area contributed by atoms with Gasteiger partial charge in [0.2, 0.25) is 0 Å². The molecule has 0 aliphatic carbocycles. The molecule has 1 atom stereocenters. The van der Waals surface area contributed by atoms with Crippen molar-refractivity contribution in [2.75, 3.05) is 0 Å². The monoisotopic (exact) mass is 294 g/mol. The number of hydrogen-bond acceptors (Lipinski definition) is 2. The molecular weight excluding hydrogens is 280 g/mol. The molecule has 90 valence electrons. The molecule has 0 amide bonds. The first-order valence-electron chi connectivity index (χ1n) is 5.69. The molecular formula is C14H15BrO2. The van der Waals surface area contributed by atoms with Crippen LogP contribution in [0.25, 0.3) is 0 Å². The van der Waals surface area contributed by atoms with Gasteiger partial charge in [0.1, 0.15) is 5.76 Å². The molecule has 0 saturated carbocycles. The van der Waals surface area contributed by atoms with E-state index in [1.54, 1.807) is 6.26 Å². The SMILES string of the molecule is CCc1occc1C(O)Cc1cccc(Br)c1. The Labute approximate surface area is 109 Å². The zero-order valence-corrected chi connectivity index (χ0v) is 11.3. The molecule has 0 spiro atoms. The summed E-state index contributed by atoms with van der Waals surface area (Å²) in [5.74, 6) is 0.868. The molecule has 0 aliphatic heterocycles. The number of aliphatic hydroxyl groups is 1. The van der Waals surface area contributed by atoms with Gasteiger partial charge >= 0.3 is 0 Å². The highest BCUT2D eigenvalue weighted by Crippen LogP contribution is 2.24. The maximum atomic E-state index is 10.2. The van der Waals surface area contributed by atoms with Crippen molar-refractivity contribution < 1.29 is 9.52 Å². The van der Waals surface area contributed by atoms with Crippen LogP contribution in [0.1, 0.15) is 29.9 Å². The third kappa shape index (κ3) is 2.99. The van der Waals surface area contributed by atoms with Gasteiger partial charge in [0.15, 0.2) is 0 Å². The number of aryl methyl sites for hydroxylation is 1. The predicted octanol–water partition coefficient (Wildman–Crippen LogP) is 3.88. The lowest BCUT2D eigenvalue weighted by Crippen LogP contribution is -2.03. The van der Waals surface area contributed by atoms with E-state index in [9.17, 15) is 5.11 Å². The number of hydrogen-bond donors (Lipinski definition) is 1. The number of halogens is 1. The Morgan fingerprint density at radius 3 is 2.88 bits per heavy atom. The van der Waals surface area contributed by atoms with E-state index in [2.05, 4.69) is 15.9 Å². The Morgan fingerprint density at radius 1 is 1.35 bits per heavy atom. The molecule has 0 saturated heterocycles. The predicted molar refractivity (Wildman–Crippen MR) is 70.9 cm³/mol. The summed E-state index contributed by atoms with van der Waals surface area (Å²) in [6.07, 6.45) is 2.54. The maximum absolute atomic E-state index is 10.2. The summed E-state index contributed by atoms with van der Waals surface area (Å²) in [5, 5.41) is 10.2. The van der Waals surface area contributed by atoms with Gasteiger partial charge in [0.05, 0.1) is 12.4 Å². The fraction of sp³-hybridized carbons (Fsp3) is 0.286. The zero-order chi connectivity index (χ0) is 12.3. The van der Waals surface area contributed by atoms with Gasteiger partial charge in [-0.05, 0) is 23.8 Å². The molecule has 0 fully saturated rings. The second-order valence-electron chi connectivity index (χ2n) is 4.00. The van der Waals surface area contributed by atoms with Crippen molar-refractivity contribution in [2.24, 2.45) is 0 Å². The molecule has 17 heavy (non-hydrogen) atoms. The quantitative estimate of drug-likeness (QED) is 0.928. The van der Waals surface area contributed by atoms with Crippen molar-refractivity contribution in [1.82, 2.24) is 0 Å². The van der Waals surface area contributed by atoms with E-state index in [1.165, 1.54) is 0 Å². The fourth-order valence-electron chi connectivity index (χ4n) is 1.93. The Bertz CT molecular complexity index is 490. The van der Waals surface area contributed by atoms with E-state index in [4.69, 9.17) is 4.42 Å². The lowest BCUT2D eigenvalue weighted by molar-refractivity contribution is 0.176. The average Bonchev–Trinajstić information content (AvgIpc) is 2.77. The zero-order valence-electron chi connectivity index (χ0n) is 9.69. The first-order valence-corrected chi connectivity index (χ1v) is 6.48. The second-order valence-corrected chi connectivity index (χ2v) is 4.92. The topological polar surface area (TPSA) is 33.4 Å². The summed E-state index contributed by atoms with van der Waals surface area (Å²) >= 11 is 3.43. The van der Waals surface area contributed by atoms with Crippen molar-refractivity contribution >= 4 is 15.9 Å². The van der Waals surface area contributed by atoms with Crippen LogP contribution in [0.4, 0.5) is 0 Å². The summed E-state index contributed by atoms with van der Waals surface area (Å²) in [7, 11) is 0. The van der Waals surface area contributed by atoms with Crippen molar-refractivity contribution in [2.45, 2.75) is 25.9 Å². The summed E-state index contributed by atoms with van der Waals surface area (Å²) < 4.78 is 6.36. The van der Waals surface area contributed by atoms with Crippen LogP contribution >= 0.6 is 15.9 Å². The molecule has 2 rings (SSSR count). The van der Waals surface area contributed by atoms with Gasteiger partial charge in [-0.2, -0.15) is 0 Å². The van der Waals surface area contributed by atoms with E-state index >= 15 is 0 Å².